The van der Waals surface area contributed by atoms with Crippen molar-refractivity contribution in [2.24, 2.45) is 5.92 Å². The number of hydrogen-bond donors (Lipinski definition) is 1. The fourth-order valence-electron chi connectivity index (χ4n) is 2.68. The molecule has 0 aliphatic carbocycles. The molecule has 4 heteroatoms. The van der Waals surface area contributed by atoms with E-state index in [1.165, 1.54) is 0 Å². The summed E-state index contributed by atoms with van der Waals surface area (Å²) in [7, 11) is 0. The van der Waals surface area contributed by atoms with E-state index in [1.807, 2.05) is 31.2 Å². The summed E-state index contributed by atoms with van der Waals surface area (Å²) in [5.41, 5.74) is 2.07. The van der Waals surface area contributed by atoms with Crippen molar-refractivity contribution in [3.8, 4) is 0 Å². The van der Waals surface area contributed by atoms with Crippen LogP contribution in [-0.2, 0) is 11.2 Å². The van der Waals surface area contributed by atoms with Crippen LogP contribution in [0.15, 0.2) is 36.9 Å². The van der Waals surface area contributed by atoms with Gasteiger partial charge in [0.25, 0.3) is 0 Å². The third kappa shape index (κ3) is 3.51. The SMILES string of the molecule is C=CCC(CC)C(=O)NC(=O)N1CCCc2ccccc21. The molecule has 1 aromatic rings. The molecule has 112 valence electrons. The Morgan fingerprint density at radius 2 is 2.19 bits per heavy atom. The highest BCUT2D eigenvalue weighted by Crippen LogP contribution is 2.26. The smallest absolute Gasteiger partial charge is 0.294 e. The predicted octanol–water partition coefficient (Wildman–Crippen LogP) is 3.28. The van der Waals surface area contributed by atoms with E-state index in [9.17, 15) is 9.59 Å². The van der Waals surface area contributed by atoms with Gasteiger partial charge in [-0.3, -0.25) is 15.0 Å². The fraction of sp³-hybridized carbons (Fsp3) is 0.412. The third-order valence-electron chi connectivity index (χ3n) is 3.90. The largest absolute Gasteiger partial charge is 0.328 e. The molecule has 4 nitrogen and oxygen atoms in total. The Morgan fingerprint density at radius 3 is 2.90 bits per heavy atom. The first-order chi connectivity index (χ1) is 10.2. The number of rotatable bonds is 4. The number of nitrogens with one attached hydrogen (secondary N) is 1. The minimum absolute atomic E-state index is 0.188. The van der Waals surface area contributed by atoms with E-state index in [1.54, 1.807) is 11.0 Å². The first kappa shape index (κ1) is 15.3. The monoisotopic (exact) mass is 286 g/mol. The lowest BCUT2D eigenvalue weighted by Crippen LogP contribution is -2.47. The van der Waals surface area contributed by atoms with Crippen LogP contribution in [0.5, 0.6) is 0 Å². The maximum Gasteiger partial charge on any atom is 0.328 e. The van der Waals surface area contributed by atoms with Crippen LogP contribution in [0.3, 0.4) is 0 Å². The van der Waals surface area contributed by atoms with Crippen molar-refractivity contribution in [3.05, 3.63) is 42.5 Å². The summed E-state index contributed by atoms with van der Waals surface area (Å²) in [4.78, 5) is 26.2. The number of hydrogen-bond acceptors (Lipinski definition) is 2. The zero-order valence-electron chi connectivity index (χ0n) is 12.5. The Morgan fingerprint density at radius 1 is 1.43 bits per heavy atom. The van der Waals surface area contributed by atoms with Gasteiger partial charge in [0.1, 0.15) is 0 Å². The maximum atomic E-state index is 12.4. The Labute approximate surface area is 125 Å². The lowest BCUT2D eigenvalue weighted by Gasteiger charge is -2.29. The van der Waals surface area contributed by atoms with Crippen LogP contribution in [-0.4, -0.2) is 18.5 Å². The molecule has 0 saturated heterocycles. The number of carbonyl (C=O) groups is 2. The van der Waals surface area contributed by atoms with Gasteiger partial charge < -0.3 is 0 Å². The predicted molar refractivity (Wildman–Crippen MR) is 84.2 cm³/mol. The van der Waals surface area contributed by atoms with Gasteiger partial charge >= 0.3 is 6.03 Å². The number of benzene rings is 1. The molecule has 1 unspecified atom stereocenters. The van der Waals surface area contributed by atoms with Gasteiger partial charge in [0.05, 0.1) is 0 Å². The van der Waals surface area contributed by atoms with E-state index in [4.69, 9.17) is 0 Å². The van der Waals surface area contributed by atoms with Gasteiger partial charge in [0, 0.05) is 18.2 Å². The Bertz CT molecular complexity index is 539. The second kappa shape index (κ2) is 7.07. The molecule has 0 saturated carbocycles. The number of amides is 3. The molecular formula is C17H22N2O2. The molecule has 2 rings (SSSR count). The van der Waals surface area contributed by atoms with Gasteiger partial charge in [-0.1, -0.05) is 31.2 Å². The minimum Gasteiger partial charge on any atom is -0.294 e. The molecule has 21 heavy (non-hydrogen) atoms. The molecular weight excluding hydrogens is 264 g/mol. The molecule has 0 spiro atoms. The van der Waals surface area contributed by atoms with Gasteiger partial charge in [-0.2, -0.15) is 0 Å². The van der Waals surface area contributed by atoms with Gasteiger partial charge in [-0.25, -0.2) is 4.79 Å². The second-order valence-electron chi connectivity index (χ2n) is 5.31. The standard InChI is InChI=1S/C17H22N2O2/c1-3-8-13(4-2)16(20)18-17(21)19-12-7-10-14-9-5-6-11-15(14)19/h3,5-6,9,11,13H,1,4,7-8,10,12H2,2H3,(H,18,20,21). The summed E-state index contributed by atoms with van der Waals surface area (Å²) in [6.45, 7) is 6.24. The third-order valence-corrected chi connectivity index (χ3v) is 3.90. The van der Waals surface area contributed by atoms with Crippen LogP contribution in [0, 0.1) is 5.92 Å². The number of imide groups is 1. The van der Waals surface area contributed by atoms with Gasteiger partial charge in [0.15, 0.2) is 0 Å². The second-order valence-corrected chi connectivity index (χ2v) is 5.31. The number of carbonyl (C=O) groups excluding carboxylic acids is 2. The minimum atomic E-state index is -0.324. The van der Waals surface area contributed by atoms with Gasteiger partial charge in [0.2, 0.25) is 5.91 Å². The summed E-state index contributed by atoms with van der Waals surface area (Å²) in [6, 6.07) is 7.53. The molecule has 1 heterocycles. The topological polar surface area (TPSA) is 49.4 Å². The average molecular weight is 286 g/mol. The van der Waals surface area contributed by atoms with Crippen LogP contribution in [0.1, 0.15) is 31.7 Å². The highest BCUT2D eigenvalue weighted by atomic mass is 16.2. The molecule has 1 aliphatic rings. The van der Waals surface area contributed by atoms with Crippen LogP contribution in [0.25, 0.3) is 0 Å². The maximum absolute atomic E-state index is 12.4. The molecule has 1 aromatic carbocycles. The molecule has 0 fully saturated rings. The lowest BCUT2D eigenvalue weighted by atomic mass is 10.0. The highest BCUT2D eigenvalue weighted by Gasteiger charge is 2.25. The number of aryl methyl sites for hydroxylation is 1. The molecule has 0 bridgehead atoms. The van der Waals surface area contributed by atoms with Gasteiger partial charge in [-0.15, -0.1) is 6.58 Å². The van der Waals surface area contributed by atoms with Crippen LogP contribution in [0.4, 0.5) is 10.5 Å². The number of urea groups is 1. The van der Waals surface area contributed by atoms with Crippen molar-refractivity contribution in [1.29, 1.82) is 0 Å². The number of nitrogens with zero attached hydrogens (tertiary/aromatic N) is 1. The summed E-state index contributed by atoms with van der Waals surface area (Å²) in [6.07, 6.45) is 4.90. The molecule has 0 aromatic heterocycles. The normalized spacial score (nSPS) is 15.0. The number of fused-ring (bicyclic) bond motifs is 1. The van der Waals surface area contributed by atoms with Crippen molar-refractivity contribution < 1.29 is 9.59 Å². The van der Waals surface area contributed by atoms with Crippen LogP contribution < -0.4 is 10.2 Å². The van der Waals surface area contributed by atoms with Crippen molar-refractivity contribution in [2.75, 3.05) is 11.4 Å². The quantitative estimate of drug-likeness (QED) is 0.864. The summed E-state index contributed by atoms with van der Waals surface area (Å²) in [5, 5.41) is 2.53. The van der Waals surface area contributed by atoms with E-state index in [0.29, 0.717) is 19.4 Å². The first-order valence-electron chi connectivity index (χ1n) is 7.48. The van der Waals surface area contributed by atoms with Crippen molar-refractivity contribution in [3.63, 3.8) is 0 Å². The number of allylic oxidation sites excluding steroid dienone is 1. The molecule has 3 amide bonds. The van der Waals surface area contributed by atoms with E-state index >= 15 is 0 Å². The number of para-hydroxylation sites is 1. The van der Waals surface area contributed by atoms with Crippen molar-refractivity contribution in [1.82, 2.24) is 5.32 Å². The summed E-state index contributed by atoms with van der Waals surface area (Å²) in [5.74, 6) is -0.406. The fourth-order valence-corrected chi connectivity index (χ4v) is 2.68. The lowest BCUT2D eigenvalue weighted by molar-refractivity contribution is -0.123. The van der Waals surface area contributed by atoms with E-state index in [-0.39, 0.29) is 17.9 Å². The highest BCUT2D eigenvalue weighted by molar-refractivity contribution is 6.03. The molecule has 0 radical (unpaired) electrons. The Balaban J connectivity index is 2.08. The van der Waals surface area contributed by atoms with Crippen LogP contribution in [0.2, 0.25) is 0 Å². The van der Waals surface area contributed by atoms with Crippen molar-refractivity contribution in [2.45, 2.75) is 32.6 Å². The zero-order valence-corrected chi connectivity index (χ0v) is 12.5. The zero-order chi connectivity index (χ0) is 15.2. The molecule has 1 aliphatic heterocycles. The average Bonchev–Trinajstić information content (AvgIpc) is 2.51. The van der Waals surface area contributed by atoms with E-state index < -0.39 is 0 Å². The number of anilines is 1. The summed E-state index contributed by atoms with van der Waals surface area (Å²) >= 11 is 0. The van der Waals surface area contributed by atoms with Gasteiger partial charge in [-0.05, 0) is 37.3 Å². The van der Waals surface area contributed by atoms with E-state index in [2.05, 4.69) is 11.9 Å². The first-order valence-corrected chi connectivity index (χ1v) is 7.48. The van der Waals surface area contributed by atoms with Crippen molar-refractivity contribution >= 4 is 17.6 Å². The molecule has 1 atom stereocenters. The summed E-state index contributed by atoms with van der Waals surface area (Å²) < 4.78 is 0. The molecule has 1 N–H and O–H groups in total. The van der Waals surface area contributed by atoms with E-state index in [0.717, 1.165) is 24.1 Å². The Kier molecular flexibility index (Phi) is 5.14. The Hall–Kier alpha value is -2.10. The van der Waals surface area contributed by atoms with Crippen LogP contribution >= 0.6 is 0 Å².